The first-order valence-electron chi connectivity index (χ1n) is 5.57. The number of carbonyl (C=O) groups excluding carboxylic acids is 2. The summed E-state index contributed by atoms with van der Waals surface area (Å²) in [5, 5.41) is 9.33. The fourth-order valence-corrected chi connectivity index (χ4v) is 1.62. The Balaban J connectivity index is 2.14. The molecule has 2 rings (SSSR count). The quantitative estimate of drug-likeness (QED) is 0.646. The maximum atomic E-state index is 11.8. The molecule has 0 amide bonds. The van der Waals surface area contributed by atoms with Gasteiger partial charge in [0.2, 0.25) is 0 Å². The monoisotopic (exact) mass is 240 g/mol. The van der Waals surface area contributed by atoms with E-state index in [9.17, 15) is 14.7 Å². The lowest BCUT2D eigenvalue weighted by molar-refractivity contribution is -0.124. The van der Waals surface area contributed by atoms with E-state index in [1.54, 1.807) is 6.08 Å². The molecule has 18 heavy (non-hydrogen) atoms. The number of allylic oxidation sites excluding steroid dienone is 3. The van der Waals surface area contributed by atoms with Crippen molar-refractivity contribution in [2.75, 3.05) is 0 Å². The minimum atomic E-state index is -1.21. The Morgan fingerprint density at radius 3 is 2.67 bits per heavy atom. The van der Waals surface area contributed by atoms with Gasteiger partial charge in [0.05, 0.1) is 5.57 Å². The first-order chi connectivity index (χ1) is 8.68. The second kappa shape index (κ2) is 5.38. The van der Waals surface area contributed by atoms with Crippen molar-refractivity contribution in [2.24, 2.45) is 0 Å². The van der Waals surface area contributed by atoms with Gasteiger partial charge in [-0.2, -0.15) is 0 Å². The number of hydrogen-bond donors (Lipinski definition) is 1. The molecular formula is C15H12O3. The summed E-state index contributed by atoms with van der Waals surface area (Å²) in [6.45, 7) is 0. The van der Waals surface area contributed by atoms with E-state index in [0.717, 1.165) is 5.56 Å². The zero-order valence-corrected chi connectivity index (χ0v) is 9.61. The van der Waals surface area contributed by atoms with Gasteiger partial charge in [-0.1, -0.05) is 42.5 Å². The van der Waals surface area contributed by atoms with Crippen LogP contribution in [0.2, 0.25) is 0 Å². The highest BCUT2D eigenvalue weighted by Crippen LogP contribution is 2.11. The smallest absolute Gasteiger partial charge is 0.199 e. The Bertz CT molecular complexity index is 550. The van der Waals surface area contributed by atoms with E-state index in [-0.39, 0.29) is 5.57 Å². The molecule has 3 heteroatoms. The molecule has 90 valence electrons. The summed E-state index contributed by atoms with van der Waals surface area (Å²) in [6, 6.07) is 9.32. The molecule has 1 unspecified atom stereocenters. The van der Waals surface area contributed by atoms with Crippen LogP contribution in [0.5, 0.6) is 0 Å². The molecule has 0 spiro atoms. The molecule has 0 aromatic heterocycles. The standard InChI is InChI=1S/C15H12O3/c16-13(10-9-11-5-2-1-3-6-11)12-7-4-8-14(17)15(12)18/h1-10,14,17H/b10-9+. The van der Waals surface area contributed by atoms with Crippen LogP contribution in [-0.2, 0) is 9.59 Å². The summed E-state index contributed by atoms with van der Waals surface area (Å²) < 4.78 is 0. The zero-order chi connectivity index (χ0) is 13.0. The van der Waals surface area contributed by atoms with Gasteiger partial charge >= 0.3 is 0 Å². The summed E-state index contributed by atoms with van der Waals surface area (Å²) in [6.07, 6.45) is 6.05. The third-order valence-corrected chi connectivity index (χ3v) is 2.58. The van der Waals surface area contributed by atoms with Gasteiger partial charge in [-0.15, -0.1) is 0 Å². The summed E-state index contributed by atoms with van der Waals surface area (Å²) in [5.41, 5.74) is 0.892. The van der Waals surface area contributed by atoms with Crippen molar-refractivity contribution in [1.29, 1.82) is 0 Å². The third kappa shape index (κ3) is 2.70. The van der Waals surface area contributed by atoms with E-state index < -0.39 is 17.7 Å². The van der Waals surface area contributed by atoms with Gasteiger partial charge in [-0.3, -0.25) is 9.59 Å². The van der Waals surface area contributed by atoms with Crippen molar-refractivity contribution >= 4 is 17.6 Å². The second-order valence-electron chi connectivity index (χ2n) is 3.88. The van der Waals surface area contributed by atoms with E-state index in [1.165, 1.54) is 24.3 Å². The molecule has 1 aromatic rings. The summed E-state index contributed by atoms with van der Waals surface area (Å²) >= 11 is 0. The van der Waals surface area contributed by atoms with Crippen LogP contribution in [0.25, 0.3) is 6.08 Å². The largest absolute Gasteiger partial charge is 0.381 e. The van der Waals surface area contributed by atoms with Crippen molar-refractivity contribution in [3.05, 3.63) is 65.8 Å². The second-order valence-corrected chi connectivity index (χ2v) is 3.88. The lowest BCUT2D eigenvalue weighted by Crippen LogP contribution is -2.25. The lowest BCUT2D eigenvalue weighted by Gasteiger charge is -2.09. The van der Waals surface area contributed by atoms with Crippen LogP contribution in [0.4, 0.5) is 0 Å². The van der Waals surface area contributed by atoms with Crippen LogP contribution in [0, 0.1) is 0 Å². The molecule has 0 fully saturated rings. The van der Waals surface area contributed by atoms with E-state index in [4.69, 9.17) is 0 Å². The highest BCUT2D eigenvalue weighted by molar-refractivity contribution is 6.27. The maximum absolute atomic E-state index is 11.8. The van der Waals surface area contributed by atoms with Crippen LogP contribution in [-0.4, -0.2) is 22.8 Å². The first kappa shape index (κ1) is 12.2. The third-order valence-electron chi connectivity index (χ3n) is 2.58. The number of carbonyl (C=O) groups is 2. The summed E-state index contributed by atoms with van der Waals surface area (Å²) in [5.74, 6) is -0.951. The van der Waals surface area contributed by atoms with Crippen molar-refractivity contribution in [2.45, 2.75) is 6.10 Å². The van der Waals surface area contributed by atoms with Gasteiger partial charge in [0.15, 0.2) is 11.6 Å². The minimum Gasteiger partial charge on any atom is -0.381 e. The normalized spacial score (nSPS) is 19.1. The molecule has 1 aliphatic rings. The van der Waals surface area contributed by atoms with Crippen molar-refractivity contribution in [1.82, 2.24) is 0 Å². The van der Waals surface area contributed by atoms with Gasteiger partial charge in [-0.05, 0) is 23.8 Å². The predicted molar refractivity (Wildman–Crippen MR) is 68.7 cm³/mol. The number of hydrogen-bond acceptors (Lipinski definition) is 3. The SMILES string of the molecule is O=C(/C=C/c1ccccc1)C1=CC=CC(O)C1=O. The van der Waals surface area contributed by atoms with Crippen LogP contribution in [0.1, 0.15) is 5.56 Å². The topological polar surface area (TPSA) is 54.4 Å². The Morgan fingerprint density at radius 2 is 1.94 bits per heavy atom. The molecule has 0 radical (unpaired) electrons. The molecule has 1 atom stereocenters. The highest BCUT2D eigenvalue weighted by Gasteiger charge is 2.23. The molecule has 0 saturated heterocycles. The van der Waals surface area contributed by atoms with E-state index >= 15 is 0 Å². The molecule has 0 saturated carbocycles. The number of aliphatic hydroxyl groups is 1. The van der Waals surface area contributed by atoms with Gasteiger partial charge in [-0.25, -0.2) is 0 Å². The highest BCUT2D eigenvalue weighted by atomic mass is 16.3. The van der Waals surface area contributed by atoms with E-state index in [1.807, 2.05) is 30.3 Å². The predicted octanol–water partition coefficient (Wildman–Crippen LogP) is 1.70. The van der Waals surface area contributed by atoms with Gasteiger partial charge < -0.3 is 5.11 Å². The Kier molecular flexibility index (Phi) is 3.65. The molecular weight excluding hydrogens is 228 g/mol. The van der Waals surface area contributed by atoms with Crippen LogP contribution >= 0.6 is 0 Å². The Morgan fingerprint density at radius 1 is 1.22 bits per heavy atom. The molecule has 1 N–H and O–H groups in total. The average Bonchev–Trinajstić information content (AvgIpc) is 2.40. The first-order valence-corrected chi connectivity index (χ1v) is 5.57. The molecule has 1 aliphatic carbocycles. The fraction of sp³-hybridized carbons (Fsp3) is 0.0667. The number of ketones is 2. The molecule has 0 aliphatic heterocycles. The number of Topliss-reactive ketones (excluding diaryl/α,β-unsaturated/α-hetero) is 1. The van der Waals surface area contributed by atoms with Crippen molar-refractivity contribution in [3.63, 3.8) is 0 Å². The van der Waals surface area contributed by atoms with E-state index in [0.29, 0.717) is 0 Å². The van der Waals surface area contributed by atoms with Crippen LogP contribution in [0.15, 0.2) is 60.2 Å². The molecule has 3 nitrogen and oxygen atoms in total. The van der Waals surface area contributed by atoms with Crippen LogP contribution in [0.3, 0.4) is 0 Å². The molecule has 0 bridgehead atoms. The number of aliphatic hydroxyl groups excluding tert-OH is 1. The molecule has 1 aromatic carbocycles. The van der Waals surface area contributed by atoms with Crippen molar-refractivity contribution < 1.29 is 14.7 Å². The van der Waals surface area contributed by atoms with Gasteiger partial charge in [0, 0.05) is 0 Å². The van der Waals surface area contributed by atoms with Gasteiger partial charge in [0.1, 0.15) is 6.10 Å². The minimum absolute atomic E-state index is 0.0113. The summed E-state index contributed by atoms with van der Waals surface area (Å²) in [4.78, 5) is 23.4. The average molecular weight is 240 g/mol. The number of benzene rings is 1. The fourth-order valence-electron chi connectivity index (χ4n) is 1.62. The van der Waals surface area contributed by atoms with E-state index in [2.05, 4.69) is 0 Å². The zero-order valence-electron chi connectivity index (χ0n) is 9.61. The summed E-state index contributed by atoms with van der Waals surface area (Å²) in [7, 11) is 0. The Labute approximate surface area is 105 Å². The Hall–Kier alpha value is -2.26. The lowest BCUT2D eigenvalue weighted by atomic mass is 9.97. The maximum Gasteiger partial charge on any atom is 0.199 e. The number of rotatable bonds is 3. The van der Waals surface area contributed by atoms with Crippen LogP contribution < -0.4 is 0 Å². The van der Waals surface area contributed by atoms with Crippen molar-refractivity contribution in [3.8, 4) is 0 Å². The van der Waals surface area contributed by atoms with Gasteiger partial charge in [0.25, 0.3) is 0 Å². The molecule has 0 heterocycles.